The van der Waals surface area contributed by atoms with Gasteiger partial charge in [-0.05, 0) is 58.6 Å². The summed E-state index contributed by atoms with van der Waals surface area (Å²) in [7, 11) is 0. The monoisotopic (exact) mass is 292 g/mol. The van der Waals surface area contributed by atoms with Crippen LogP contribution in [0.1, 0.15) is 52.5 Å². The highest BCUT2D eigenvalue weighted by atomic mass is 16.5. The minimum Gasteiger partial charge on any atom is -0.493 e. The van der Waals surface area contributed by atoms with Crippen molar-refractivity contribution in [2.45, 2.75) is 65.1 Å². The molecule has 1 aliphatic rings. The molecule has 1 aromatic rings. The minimum atomic E-state index is -0.0319. The van der Waals surface area contributed by atoms with Gasteiger partial charge in [0.25, 0.3) is 0 Å². The van der Waals surface area contributed by atoms with Gasteiger partial charge in [-0.2, -0.15) is 0 Å². The lowest BCUT2D eigenvalue weighted by atomic mass is 10.00. The molecule has 0 saturated heterocycles. The molecular formula is C18H28O3. The SMILES string of the molecule is CCOC(C)(C)CCCC(C)Oc1ccc2c(c1)OCC2. The predicted octanol–water partition coefficient (Wildman–Crippen LogP) is 4.37. The summed E-state index contributed by atoms with van der Waals surface area (Å²) in [6, 6.07) is 6.18. The van der Waals surface area contributed by atoms with Crippen molar-refractivity contribution >= 4 is 0 Å². The average molecular weight is 292 g/mol. The normalized spacial score (nSPS) is 15.4. The van der Waals surface area contributed by atoms with Crippen molar-refractivity contribution in [3.05, 3.63) is 23.8 Å². The quantitative estimate of drug-likeness (QED) is 0.712. The molecule has 0 fully saturated rings. The molecule has 118 valence electrons. The fourth-order valence-corrected chi connectivity index (χ4v) is 2.79. The molecule has 21 heavy (non-hydrogen) atoms. The topological polar surface area (TPSA) is 27.7 Å². The van der Waals surface area contributed by atoms with Crippen LogP contribution in [0.4, 0.5) is 0 Å². The van der Waals surface area contributed by atoms with E-state index in [9.17, 15) is 0 Å². The van der Waals surface area contributed by atoms with Crippen molar-refractivity contribution in [3.63, 3.8) is 0 Å². The van der Waals surface area contributed by atoms with E-state index in [2.05, 4.69) is 26.8 Å². The Labute approximate surface area is 128 Å². The van der Waals surface area contributed by atoms with E-state index in [1.807, 2.05) is 19.1 Å². The molecule has 1 heterocycles. The fraction of sp³-hybridized carbons (Fsp3) is 0.667. The number of benzene rings is 1. The highest BCUT2D eigenvalue weighted by molar-refractivity contribution is 5.42. The van der Waals surface area contributed by atoms with Crippen LogP contribution in [-0.4, -0.2) is 24.9 Å². The van der Waals surface area contributed by atoms with Gasteiger partial charge in [-0.25, -0.2) is 0 Å². The minimum absolute atomic E-state index is 0.0319. The Hall–Kier alpha value is -1.22. The lowest BCUT2D eigenvalue weighted by molar-refractivity contribution is -0.0190. The zero-order valence-electron chi connectivity index (χ0n) is 13.8. The van der Waals surface area contributed by atoms with Gasteiger partial charge in [-0.15, -0.1) is 0 Å². The van der Waals surface area contributed by atoms with Crippen LogP contribution >= 0.6 is 0 Å². The van der Waals surface area contributed by atoms with Crippen LogP contribution in [0.25, 0.3) is 0 Å². The maximum atomic E-state index is 5.99. The van der Waals surface area contributed by atoms with Gasteiger partial charge < -0.3 is 14.2 Å². The summed E-state index contributed by atoms with van der Waals surface area (Å²) in [5, 5.41) is 0. The third-order valence-electron chi connectivity index (χ3n) is 3.93. The van der Waals surface area contributed by atoms with Gasteiger partial charge in [0.1, 0.15) is 11.5 Å². The molecule has 0 bridgehead atoms. The van der Waals surface area contributed by atoms with Crippen LogP contribution in [0.2, 0.25) is 0 Å². The van der Waals surface area contributed by atoms with E-state index in [4.69, 9.17) is 14.2 Å². The second kappa shape index (κ2) is 7.17. The summed E-state index contributed by atoms with van der Waals surface area (Å²) in [6.07, 6.45) is 4.42. The first-order valence-electron chi connectivity index (χ1n) is 8.06. The zero-order valence-corrected chi connectivity index (χ0v) is 13.8. The standard InChI is InChI=1S/C18H28O3/c1-5-20-18(3,4)11-6-7-14(2)21-16-9-8-15-10-12-19-17(15)13-16/h8-9,13-14H,5-7,10-12H2,1-4H3. The van der Waals surface area contributed by atoms with Crippen molar-refractivity contribution in [1.29, 1.82) is 0 Å². The summed E-state index contributed by atoms with van der Waals surface area (Å²) < 4.78 is 17.3. The average Bonchev–Trinajstić information content (AvgIpc) is 2.85. The van der Waals surface area contributed by atoms with Gasteiger partial charge in [0.15, 0.2) is 0 Å². The third kappa shape index (κ3) is 4.92. The molecule has 0 N–H and O–H groups in total. The molecule has 1 atom stereocenters. The van der Waals surface area contributed by atoms with E-state index < -0.39 is 0 Å². The Bertz CT molecular complexity index is 454. The van der Waals surface area contributed by atoms with Gasteiger partial charge in [0, 0.05) is 19.1 Å². The lowest BCUT2D eigenvalue weighted by Crippen LogP contribution is -2.25. The molecule has 0 spiro atoms. The molecule has 0 aliphatic carbocycles. The van der Waals surface area contributed by atoms with E-state index >= 15 is 0 Å². The van der Waals surface area contributed by atoms with E-state index in [1.54, 1.807) is 0 Å². The zero-order chi connectivity index (χ0) is 15.3. The Morgan fingerprint density at radius 3 is 2.90 bits per heavy atom. The second-order valence-electron chi connectivity index (χ2n) is 6.38. The first-order chi connectivity index (χ1) is 10.00. The molecular weight excluding hydrogens is 264 g/mol. The summed E-state index contributed by atoms with van der Waals surface area (Å²) in [6.45, 7) is 10.0. The first-order valence-corrected chi connectivity index (χ1v) is 8.06. The number of hydrogen-bond donors (Lipinski definition) is 0. The van der Waals surface area contributed by atoms with Crippen molar-refractivity contribution in [3.8, 4) is 11.5 Å². The summed E-state index contributed by atoms with van der Waals surface area (Å²) >= 11 is 0. The van der Waals surface area contributed by atoms with Gasteiger partial charge in [0.05, 0.1) is 18.3 Å². The highest BCUT2D eigenvalue weighted by Gasteiger charge is 2.18. The Balaban J connectivity index is 1.76. The smallest absolute Gasteiger partial charge is 0.126 e. The van der Waals surface area contributed by atoms with Gasteiger partial charge >= 0.3 is 0 Å². The third-order valence-corrected chi connectivity index (χ3v) is 3.93. The van der Waals surface area contributed by atoms with Crippen LogP contribution in [0.5, 0.6) is 11.5 Å². The van der Waals surface area contributed by atoms with Crippen LogP contribution in [0.3, 0.4) is 0 Å². The summed E-state index contributed by atoms with van der Waals surface area (Å²) in [4.78, 5) is 0. The highest BCUT2D eigenvalue weighted by Crippen LogP contribution is 2.30. The predicted molar refractivity (Wildman–Crippen MR) is 85.3 cm³/mol. The Morgan fingerprint density at radius 1 is 1.33 bits per heavy atom. The summed E-state index contributed by atoms with van der Waals surface area (Å²) in [5.41, 5.74) is 1.25. The fourth-order valence-electron chi connectivity index (χ4n) is 2.79. The van der Waals surface area contributed by atoms with E-state index in [0.29, 0.717) is 0 Å². The number of ether oxygens (including phenoxy) is 3. The van der Waals surface area contributed by atoms with E-state index in [-0.39, 0.29) is 11.7 Å². The van der Waals surface area contributed by atoms with Crippen LogP contribution in [0, 0.1) is 0 Å². The van der Waals surface area contributed by atoms with Crippen molar-refractivity contribution in [2.75, 3.05) is 13.2 Å². The molecule has 0 aromatic heterocycles. The molecule has 2 rings (SSSR count). The van der Waals surface area contributed by atoms with Crippen molar-refractivity contribution < 1.29 is 14.2 Å². The Morgan fingerprint density at radius 2 is 2.14 bits per heavy atom. The molecule has 1 aromatic carbocycles. The first kappa shape index (κ1) is 16.2. The molecule has 3 heteroatoms. The molecule has 0 radical (unpaired) electrons. The second-order valence-corrected chi connectivity index (χ2v) is 6.38. The van der Waals surface area contributed by atoms with Gasteiger partial charge in [-0.3, -0.25) is 0 Å². The number of hydrogen-bond acceptors (Lipinski definition) is 3. The van der Waals surface area contributed by atoms with Crippen LogP contribution in [-0.2, 0) is 11.2 Å². The maximum Gasteiger partial charge on any atom is 0.126 e. The maximum absolute atomic E-state index is 5.99. The molecule has 1 aliphatic heterocycles. The van der Waals surface area contributed by atoms with Crippen molar-refractivity contribution in [1.82, 2.24) is 0 Å². The number of fused-ring (bicyclic) bond motifs is 1. The molecule has 3 nitrogen and oxygen atoms in total. The van der Waals surface area contributed by atoms with Crippen LogP contribution in [0.15, 0.2) is 18.2 Å². The van der Waals surface area contributed by atoms with Gasteiger partial charge in [0.2, 0.25) is 0 Å². The number of rotatable bonds is 8. The van der Waals surface area contributed by atoms with Crippen LogP contribution < -0.4 is 9.47 Å². The summed E-state index contributed by atoms with van der Waals surface area (Å²) in [5.74, 6) is 1.89. The molecule has 1 unspecified atom stereocenters. The van der Waals surface area contributed by atoms with E-state index in [1.165, 1.54) is 5.56 Å². The molecule has 0 amide bonds. The molecule has 0 saturated carbocycles. The van der Waals surface area contributed by atoms with E-state index in [0.717, 1.165) is 50.4 Å². The van der Waals surface area contributed by atoms with Gasteiger partial charge in [-0.1, -0.05) is 6.07 Å². The van der Waals surface area contributed by atoms with Crippen molar-refractivity contribution in [2.24, 2.45) is 0 Å². The lowest BCUT2D eigenvalue weighted by Gasteiger charge is -2.25. The Kier molecular flexibility index (Phi) is 5.51. The largest absolute Gasteiger partial charge is 0.493 e.